The lowest BCUT2D eigenvalue weighted by Gasteiger charge is -2.02. The zero-order valence-corrected chi connectivity index (χ0v) is 9.78. The van der Waals surface area contributed by atoms with Gasteiger partial charge in [-0.2, -0.15) is 0 Å². The maximum absolute atomic E-state index is 10.7. The van der Waals surface area contributed by atoms with Gasteiger partial charge >= 0.3 is 0 Å². The maximum Gasteiger partial charge on any atom is 0.272 e. The van der Waals surface area contributed by atoms with Crippen LogP contribution in [0.2, 0.25) is 0 Å². The molecule has 0 fully saturated rings. The molecule has 94 valence electrons. The van der Waals surface area contributed by atoms with Gasteiger partial charge in [-0.1, -0.05) is 5.21 Å². The highest BCUT2D eigenvalue weighted by atomic mass is 16.6. The lowest BCUT2D eigenvalue weighted by Crippen LogP contribution is -1.98. The number of aromatic nitrogens is 3. The third kappa shape index (κ3) is 2.35. The number of hydrogen-bond donors (Lipinski definition) is 1. The van der Waals surface area contributed by atoms with Crippen LogP contribution in [0.3, 0.4) is 0 Å². The minimum absolute atomic E-state index is 0.0119. The number of hydrogen-bond acceptors (Lipinski definition) is 5. The Morgan fingerprint density at radius 3 is 2.89 bits per heavy atom. The van der Waals surface area contributed by atoms with Crippen LogP contribution in [-0.4, -0.2) is 31.6 Å². The van der Waals surface area contributed by atoms with Crippen molar-refractivity contribution in [2.45, 2.75) is 13.3 Å². The molecule has 0 aliphatic rings. The van der Waals surface area contributed by atoms with Crippen molar-refractivity contribution in [2.75, 3.05) is 6.61 Å². The summed E-state index contributed by atoms with van der Waals surface area (Å²) in [5.41, 5.74) is 2.02. The number of nitrogens with zero attached hydrogens (tertiary/aromatic N) is 4. The van der Waals surface area contributed by atoms with Crippen molar-refractivity contribution in [1.29, 1.82) is 0 Å². The first-order valence-electron chi connectivity index (χ1n) is 5.39. The summed E-state index contributed by atoms with van der Waals surface area (Å²) in [6.07, 6.45) is 2.13. The minimum atomic E-state index is -0.419. The Kier molecular flexibility index (Phi) is 3.33. The largest absolute Gasteiger partial charge is 0.396 e. The van der Waals surface area contributed by atoms with E-state index in [0.717, 1.165) is 0 Å². The monoisotopic (exact) mass is 248 g/mol. The Balaban J connectivity index is 2.33. The van der Waals surface area contributed by atoms with Gasteiger partial charge in [0.05, 0.1) is 22.5 Å². The van der Waals surface area contributed by atoms with E-state index in [1.54, 1.807) is 25.3 Å². The summed E-state index contributed by atoms with van der Waals surface area (Å²) >= 11 is 0. The maximum atomic E-state index is 10.7. The van der Waals surface area contributed by atoms with Crippen LogP contribution >= 0.6 is 0 Å². The number of aliphatic hydroxyl groups is 1. The number of rotatable bonds is 4. The van der Waals surface area contributed by atoms with Crippen LogP contribution in [0.5, 0.6) is 0 Å². The Hall–Kier alpha value is -2.28. The predicted molar refractivity (Wildman–Crippen MR) is 63.5 cm³/mol. The summed E-state index contributed by atoms with van der Waals surface area (Å²) < 4.78 is 1.53. The highest BCUT2D eigenvalue weighted by molar-refractivity contribution is 5.47. The SMILES string of the molecule is Cc1cc(-n2cc(CCO)nn2)ccc1[N+](=O)[O-]. The summed E-state index contributed by atoms with van der Waals surface area (Å²) in [5.74, 6) is 0. The second-order valence-electron chi connectivity index (χ2n) is 3.86. The molecule has 1 aromatic heterocycles. The molecule has 18 heavy (non-hydrogen) atoms. The quantitative estimate of drug-likeness (QED) is 0.643. The summed E-state index contributed by atoms with van der Waals surface area (Å²) in [5, 5.41) is 27.3. The van der Waals surface area contributed by atoms with Gasteiger partial charge in [0.2, 0.25) is 0 Å². The molecule has 2 aromatic rings. The van der Waals surface area contributed by atoms with Crippen LogP contribution in [0.1, 0.15) is 11.3 Å². The molecule has 2 rings (SSSR count). The van der Waals surface area contributed by atoms with E-state index in [9.17, 15) is 10.1 Å². The molecule has 0 saturated heterocycles. The van der Waals surface area contributed by atoms with Crippen LogP contribution in [0, 0.1) is 17.0 Å². The summed E-state index contributed by atoms with van der Waals surface area (Å²) in [6, 6.07) is 4.73. The molecule has 1 N–H and O–H groups in total. The van der Waals surface area contributed by atoms with E-state index in [-0.39, 0.29) is 12.3 Å². The van der Waals surface area contributed by atoms with E-state index in [4.69, 9.17) is 5.11 Å². The highest BCUT2D eigenvalue weighted by Crippen LogP contribution is 2.20. The Labute approximate surface area is 103 Å². The zero-order valence-electron chi connectivity index (χ0n) is 9.78. The molecule has 0 saturated carbocycles. The molecule has 0 aliphatic heterocycles. The molecule has 7 heteroatoms. The van der Waals surface area contributed by atoms with Crippen LogP contribution < -0.4 is 0 Å². The van der Waals surface area contributed by atoms with Crippen molar-refractivity contribution in [2.24, 2.45) is 0 Å². The highest BCUT2D eigenvalue weighted by Gasteiger charge is 2.11. The van der Waals surface area contributed by atoms with Crippen LogP contribution in [0.15, 0.2) is 24.4 Å². The van der Waals surface area contributed by atoms with Gasteiger partial charge in [-0.3, -0.25) is 10.1 Å². The fourth-order valence-corrected chi connectivity index (χ4v) is 1.64. The van der Waals surface area contributed by atoms with E-state index >= 15 is 0 Å². The van der Waals surface area contributed by atoms with Crippen molar-refractivity contribution >= 4 is 5.69 Å². The van der Waals surface area contributed by atoms with Gasteiger partial charge in [0.15, 0.2) is 0 Å². The summed E-state index contributed by atoms with van der Waals surface area (Å²) in [4.78, 5) is 10.3. The number of aryl methyl sites for hydroxylation is 1. The number of benzene rings is 1. The number of aliphatic hydroxyl groups excluding tert-OH is 1. The van der Waals surface area contributed by atoms with Gasteiger partial charge in [-0.25, -0.2) is 4.68 Å². The normalized spacial score (nSPS) is 10.6. The first-order valence-corrected chi connectivity index (χ1v) is 5.39. The van der Waals surface area contributed by atoms with E-state index < -0.39 is 4.92 Å². The molecular formula is C11H12N4O3. The molecule has 0 amide bonds. The van der Waals surface area contributed by atoms with Crippen LogP contribution in [0.25, 0.3) is 5.69 Å². The molecule has 1 aromatic carbocycles. The second-order valence-corrected chi connectivity index (χ2v) is 3.86. The van der Waals surface area contributed by atoms with Gasteiger partial charge in [0.25, 0.3) is 5.69 Å². The lowest BCUT2D eigenvalue weighted by molar-refractivity contribution is -0.385. The number of nitro benzene ring substituents is 1. The van der Waals surface area contributed by atoms with Gasteiger partial charge in [-0.15, -0.1) is 5.10 Å². The molecule has 0 aliphatic carbocycles. The summed E-state index contributed by atoms with van der Waals surface area (Å²) in [7, 11) is 0. The fourth-order valence-electron chi connectivity index (χ4n) is 1.64. The van der Waals surface area contributed by atoms with Gasteiger partial charge in [0, 0.05) is 24.7 Å². The Morgan fingerprint density at radius 1 is 1.50 bits per heavy atom. The molecular weight excluding hydrogens is 236 g/mol. The van der Waals surface area contributed by atoms with E-state index in [1.165, 1.54) is 10.7 Å². The first-order chi connectivity index (χ1) is 8.61. The van der Waals surface area contributed by atoms with Crippen molar-refractivity contribution in [3.8, 4) is 5.69 Å². The third-order valence-electron chi connectivity index (χ3n) is 2.55. The molecule has 1 heterocycles. The Bertz CT molecular complexity index is 579. The molecule has 0 unspecified atom stereocenters. The van der Waals surface area contributed by atoms with Gasteiger partial charge in [-0.05, 0) is 19.1 Å². The molecule has 0 radical (unpaired) electrons. The molecule has 0 atom stereocenters. The molecule has 0 bridgehead atoms. The van der Waals surface area contributed by atoms with Gasteiger partial charge in [0.1, 0.15) is 0 Å². The lowest BCUT2D eigenvalue weighted by atomic mass is 10.2. The average molecular weight is 248 g/mol. The van der Waals surface area contributed by atoms with E-state index in [2.05, 4.69) is 10.3 Å². The first kappa shape index (κ1) is 12.2. The Morgan fingerprint density at radius 2 is 2.28 bits per heavy atom. The standard InChI is InChI=1S/C11H12N4O3/c1-8-6-10(2-3-11(8)15(17)18)14-7-9(4-5-16)12-13-14/h2-3,6-7,16H,4-5H2,1H3. The van der Waals surface area contributed by atoms with Crippen molar-refractivity contribution in [1.82, 2.24) is 15.0 Å². The smallest absolute Gasteiger partial charge is 0.272 e. The average Bonchev–Trinajstić information content (AvgIpc) is 2.77. The second kappa shape index (κ2) is 4.92. The van der Waals surface area contributed by atoms with Crippen LogP contribution in [0.4, 0.5) is 5.69 Å². The summed E-state index contributed by atoms with van der Waals surface area (Å²) in [6.45, 7) is 1.69. The van der Waals surface area contributed by atoms with E-state index in [0.29, 0.717) is 23.4 Å². The van der Waals surface area contributed by atoms with Crippen molar-refractivity contribution < 1.29 is 10.0 Å². The third-order valence-corrected chi connectivity index (χ3v) is 2.55. The molecule has 0 spiro atoms. The topological polar surface area (TPSA) is 94.1 Å². The van der Waals surface area contributed by atoms with Crippen molar-refractivity contribution in [3.05, 3.63) is 45.8 Å². The van der Waals surface area contributed by atoms with E-state index in [1.807, 2.05) is 0 Å². The van der Waals surface area contributed by atoms with Gasteiger partial charge < -0.3 is 5.11 Å². The van der Waals surface area contributed by atoms with Crippen molar-refractivity contribution in [3.63, 3.8) is 0 Å². The predicted octanol–water partition coefficient (Wildman–Crippen LogP) is 1.02. The fraction of sp³-hybridized carbons (Fsp3) is 0.273. The molecule has 7 nitrogen and oxygen atoms in total. The van der Waals surface area contributed by atoms with Crippen LogP contribution in [-0.2, 0) is 6.42 Å². The number of nitro groups is 1. The minimum Gasteiger partial charge on any atom is -0.396 e. The zero-order chi connectivity index (χ0) is 13.1.